The fourth-order valence-corrected chi connectivity index (χ4v) is 3.76. The molecule has 0 N–H and O–H groups in total. The predicted molar refractivity (Wildman–Crippen MR) is 137 cm³/mol. The van der Waals surface area contributed by atoms with Gasteiger partial charge in [0.15, 0.2) is 0 Å². The van der Waals surface area contributed by atoms with Crippen LogP contribution in [-0.4, -0.2) is 85.5 Å². The van der Waals surface area contributed by atoms with Gasteiger partial charge in [-0.25, -0.2) is 9.59 Å². The Balaban J connectivity index is 0. The first-order chi connectivity index (χ1) is 16.1. The highest BCUT2D eigenvalue weighted by Crippen LogP contribution is 2.35. The molecule has 0 aromatic rings. The third kappa shape index (κ3) is 9.96. The second-order valence-electron chi connectivity index (χ2n) is 10.7. The minimum atomic E-state index is -0.791. The van der Waals surface area contributed by atoms with E-state index >= 15 is 0 Å². The molecule has 0 aliphatic carbocycles. The van der Waals surface area contributed by atoms with Crippen LogP contribution in [0.1, 0.15) is 69.7 Å². The molecule has 2 aliphatic heterocycles. The molecule has 2 aliphatic rings. The number of carbonyl (C=O) groups is 4. The normalized spacial score (nSPS) is 21.2. The van der Waals surface area contributed by atoms with Crippen LogP contribution in [-0.2, 0) is 28.5 Å². The van der Waals surface area contributed by atoms with Crippen LogP contribution in [0.2, 0.25) is 0 Å². The summed E-state index contributed by atoms with van der Waals surface area (Å²) >= 11 is 0. The van der Waals surface area contributed by atoms with Gasteiger partial charge in [0.2, 0.25) is 0 Å². The Labute approximate surface area is 217 Å². The lowest BCUT2D eigenvalue weighted by Gasteiger charge is -2.26. The lowest BCUT2D eigenvalue weighted by atomic mass is 9.84. The van der Waals surface area contributed by atoms with Crippen LogP contribution in [0.25, 0.3) is 0 Å². The van der Waals surface area contributed by atoms with Gasteiger partial charge in [0.1, 0.15) is 11.2 Å². The molecule has 0 radical (unpaired) electrons. The van der Waals surface area contributed by atoms with Crippen molar-refractivity contribution in [1.29, 1.82) is 0 Å². The average molecular weight is 516 g/mol. The van der Waals surface area contributed by atoms with Crippen molar-refractivity contribution in [2.75, 3.05) is 40.4 Å². The summed E-state index contributed by atoms with van der Waals surface area (Å²) in [5.41, 5.74) is -1.85. The maximum Gasteiger partial charge on any atom is 0.410 e. The van der Waals surface area contributed by atoms with Crippen LogP contribution in [0.4, 0.5) is 9.59 Å². The lowest BCUT2D eigenvalue weighted by molar-refractivity contribution is -0.151. The highest BCUT2D eigenvalue weighted by atomic mass is 16.6. The molecule has 208 valence electrons. The number of nitrogens with zero attached hydrogens (tertiary/aromatic N) is 2. The third-order valence-electron chi connectivity index (χ3n) is 5.44. The number of methoxy groups -OCH3 is 2. The number of terminal acetylenes is 1. The Kier molecular flexibility index (Phi) is 12.3. The van der Waals surface area contributed by atoms with Crippen LogP contribution in [0.3, 0.4) is 0 Å². The predicted octanol–water partition coefficient (Wildman–Crippen LogP) is 4.11. The van der Waals surface area contributed by atoms with Gasteiger partial charge in [-0.15, -0.1) is 12.3 Å². The summed E-state index contributed by atoms with van der Waals surface area (Å²) in [6.45, 7) is 12.5. The van der Waals surface area contributed by atoms with Gasteiger partial charge in [-0.1, -0.05) is 7.43 Å². The summed E-state index contributed by atoms with van der Waals surface area (Å²) in [6.07, 6.45) is 5.94. The third-order valence-corrected chi connectivity index (χ3v) is 5.44. The standard InChI is InChI=1S/C14H21NO4.C11H19NO4.CH4.H2/c1-6-7-14(11(16)18-5)8-9-15(10-14)12(17)19-13(2,3)4;1-11(2,3)16-10(14)12-6-5-8(7-12)9(13)15-4;;/h1H,7-10H2,2-5H3;8H,5-7H2,1-4H3;1H4;1H/i;;;1+1. The number of ether oxygens (including phenoxy) is 4. The summed E-state index contributed by atoms with van der Waals surface area (Å²) in [5, 5.41) is 0. The van der Waals surface area contributed by atoms with Gasteiger partial charge in [-0.05, 0) is 54.4 Å². The number of likely N-dealkylation sites (tertiary alicyclic amines) is 2. The minimum absolute atomic E-state index is 0. The van der Waals surface area contributed by atoms with E-state index in [-0.39, 0.29) is 45.8 Å². The molecule has 0 saturated carbocycles. The van der Waals surface area contributed by atoms with Crippen molar-refractivity contribution in [3.63, 3.8) is 0 Å². The van der Waals surface area contributed by atoms with Crippen LogP contribution < -0.4 is 0 Å². The first-order valence-corrected chi connectivity index (χ1v) is 11.6. The van der Waals surface area contributed by atoms with Gasteiger partial charge in [0.05, 0.1) is 25.6 Å². The summed E-state index contributed by atoms with van der Waals surface area (Å²) in [5.74, 6) is 1.66. The number of hydrogen-bond donors (Lipinski definition) is 0. The van der Waals surface area contributed by atoms with Crippen molar-refractivity contribution < 1.29 is 39.6 Å². The topological polar surface area (TPSA) is 112 Å². The van der Waals surface area contributed by atoms with Gasteiger partial charge in [-0.3, -0.25) is 9.59 Å². The van der Waals surface area contributed by atoms with E-state index in [1.165, 1.54) is 19.1 Å². The molecule has 2 heterocycles. The number of carbonyl (C=O) groups excluding carboxylic acids is 4. The van der Waals surface area contributed by atoms with E-state index in [1.54, 1.807) is 25.7 Å². The molecule has 2 amide bonds. The Morgan fingerprint density at radius 2 is 1.47 bits per heavy atom. The van der Waals surface area contributed by atoms with Crippen molar-refractivity contribution >= 4 is 24.1 Å². The molecule has 0 aromatic carbocycles. The Bertz CT molecular complexity index is 828. The second-order valence-corrected chi connectivity index (χ2v) is 10.7. The monoisotopic (exact) mass is 515 g/mol. The SMILES string of the molecule is C.C#CCC1(C(=O)OC)CCN(C(=O)OC(C)(C)C)C1.COC(=O)C1CCN(C(=O)OC(C)(C)C)C1.[2HH]. The summed E-state index contributed by atoms with van der Waals surface area (Å²) < 4.78 is 20.0. The molecule has 0 bridgehead atoms. The molecule has 10 heteroatoms. The van der Waals surface area contributed by atoms with Crippen molar-refractivity contribution in [1.82, 2.24) is 9.80 Å². The minimum Gasteiger partial charge on any atom is -0.469 e. The smallest absolute Gasteiger partial charge is 0.410 e. The van der Waals surface area contributed by atoms with Crippen molar-refractivity contribution in [2.45, 2.75) is 79.4 Å². The van der Waals surface area contributed by atoms with Gasteiger partial charge < -0.3 is 28.7 Å². The molecular weight excluding hydrogens is 468 g/mol. The average Bonchev–Trinajstić information content (AvgIpc) is 3.39. The highest BCUT2D eigenvalue weighted by molar-refractivity contribution is 5.80. The van der Waals surface area contributed by atoms with E-state index in [4.69, 9.17) is 20.6 Å². The summed E-state index contributed by atoms with van der Waals surface area (Å²) in [4.78, 5) is 49.8. The first-order valence-electron chi connectivity index (χ1n) is 11.6. The number of hydrogen-bond acceptors (Lipinski definition) is 8. The zero-order valence-electron chi connectivity index (χ0n) is 22.3. The summed E-state index contributed by atoms with van der Waals surface area (Å²) in [6, 6.07) is 0. The van der Waals surface area contributed by atoms with Crippen molar-refractivity contribution in [2.24, 2.45) is 11.3 Å². The van der Waals surface area contributed by atoms with Gasteiger partial charge >= 0.3 is 24.1 Å². The maximum atomic E-state index is 12.0. The molecule has 2 fully saturated rings. The van der Waals surface area contributed by atoms with E-state index < -0.39 is 22.7 Å². The van der Waals surface area contributed by atoms with E-state index in [0.717, 1.165) is 0 Å². The largest absolute Gasteiger partial charge is 0.469 e. The van der Waals surface area contributed by atoms with Crippen LogP contribution >= 0.6 is 0 Å². The maximum absolute atomic E-state index is 12.0. The zero-order valence-corrected chi connectivity index (χ0v) is 22.3. The van der Waals surface area contributed by atoms with Crippen LogP contribution in [0.15, 0.2) is 0 Å². The lowest BCUT2D eigenvalue weighted by Crippen LogP contribution is -2.39. The molecule has 0 spiro atoms. The Morgan fingerprint density at radius 1 is 0.944 bits per heavy atom. The quantitative estimate of drug-likeness (QED) is 0.314. The Hall–Kier alpha value is -2.96. The van der Waals surface area contributed by atoms with Crippen molar-refractivity contribution in [3.8, 4) is 12.3 Å². The molecule has 10 nitrogen and oxygen atoms in total. The van der Waals surface area contributed by atoms with E-state index in [1.807, 2.05) is 20.8 Å². The first kappa shape index (κ1) is 33.0. The molecular formula is C26H46N2O8. The fraction of sp³-hybridized carbons (Fsp3) is 0.769. The molecule has 2 unspecified atom stereocenters. The zero-order chi connectivity index (χ0) is 27.0. The highest BCUT2D eigenvalue weighted by Gasteiger charge is 2.47. The Morgan fingerprint density at radius 3 is 1.92 bits per heavy atom. The van der Waals surface area contributed by atoms with Crippen LogP contribution in [0.5, 0.6) is 0 Å². The molecule has 0 aromatic heterocycles. The number of rotatable bonds is 3. The van der Waals surface area contributed by atoms with E-state index in [9.17, 15) is 19.2 Å². The fourth-order valence-electron chi connectivity index (χ4n) is 3.76. The molecule has 2 rings (SSSR count). The van der Waals surface area contributed by atoms with Crippen molar-refractivity contribution in [3.05, 3.63) is 0 Å². The van der Waals surface area contributed by atoms with Gasteiger partial charge in [0.25, 0.3) is 0 Å². The molecule has 36 heavy (non-hydrogen) atoms. The molecule has 2 atom stereocenters. The molecule has 2 saturated heterocycles. The number of esters is 2. The van der Waals surface area contributed by atoms with Crippen LogP contribution in [0, 0.1) is 23.7 Å². The van der Waals surface area contributed by atoms with E-state index in [2.05, 4.69) is 10.7 Å². The van der Waals surface area contributed by atoms with Gasteiger partial charge in [-0.2, -0.15) is 0 Å². The summed E-state index contributed by atoms with van der Waals surface area (Å²) in [7, 11) is 2.69. The second kappa shape index (κ2) is 13.4. The number of amides is 2. The van der Waals surface area contributed by atoms with E-state index in [0.29, 0.717) is 32.5 Å². The van der Waals surface area contributed by atoms with Gasteiger partial charge in [0, 0.05) is 34.0 Å².